The maximum atomic E-state index is 11.0. The molecule has 0 saturated heterocycles. The summed E-state index contributed by atoms with van der Waals surface area (Å²) in [4.78, 5) is 10.6. The smallest absolute Gasteiger partial charge is 0.272 e. The van der Waals surface area contributed by atoms with Crippen molar-refractivity contribution < 1.29 is 4.92 Å². The number of nitro groups is 1. The van der Waals surface area contributed by atoms with Crippen molar-refractivity contribution in [2.45, 2.75) is 32.7 Å². The van der Waals surface area contributed by atoms with Gasteiger partial charge in [0.05, 0.1) is 4.92 Å². The van der Waals surface area contributed by atoms with E-state index in [1.54, 1.807) is 12.1 Å². The van der Waals surface area contributed by atoms with Crippen LogP contribution in [0.1, 0.15) is 25.8 Å². The molecule has 2 unspecified atom stereocenters. The van der Waals surface area contributed by atoms with E-state index in [9.17, 15) is 10.1 Å². The molecule has 0 aliphatic carbocycles. The summed E-state index contributed by atoms with van der Waals surface area (Å²) in [6, 6.07) is 5.08. The molecule has 5 heteroatoms. The molecule has 1 aromatic carbocycles. The van der Waals surface area contributed by atoms with Crippen molar-refractivity contribution >= 4 is 17.3 Å². The molecule has 0 amide bonds. The Morgan fingerprint density at radius 3 is 2.67 bits per heavy atom. The predicted molar refractivity (Wildman–Crippen MR) is 74.1 cm³/mol. The molecule has 0 fully saturated rings. The minimum Gasteiger partial charge on any atom is -0.317 e. The zero-order valence-electron chi connectivity index (χ0n) is 10.9. The fourth-order valence-corrected chi connectivity index (χ4v) is 2.47. The Bertz CT molecular complexity index is 419. The van der Waals surface area contributed by atoms with Crippen molar-refractivity contribution in [2.24, 2.45) is 5.92 Å². The maximum Gasteiger partial charge on any atom is 0.272 e. The molecule has 4 nitrogen and oxygen atoms in total. The second kappa shape index (κ2) is 6.71. The first kappa shape index (κ1) is 14.9. The van der Waals surface area contributed by atoms with Crippen LogP contribution in [-0.4, -0.2) is 18.0 Å². The van der Waals surface area contributed by atoms with Crippen molar-refractivity contribution in [3.8, 4) is 0 Å². The average Bonchev–Trinajstić information content (AvgIpc) is 2.30. The van der Waals surface area contributed by atoms with E-state index in [2.05, 4.69) is 19.2 Å². The van der Waals surface area contributed by atoms with Crippen LogP contribution in [0.2, 0.25) is 5.02 Å². The van der Waals surface area contributed by atoms with Crippen LogP contribution in [0.5, 0.6) is 0 Å². The predicted octanol–water partition coefficient (Wildman–Crippen LogP) is 3.42. The molecule has 0 aromatic heterocycles. The van der Waals surface area contributed by atoms with E-state index in [-0.39, 0.29) is 10.6 Å². The largest absolute Gasteiger partial charge is 0.317 e. The summed E-state index contributed by atoms with van der Waals surface area (Å²) < 4.78 is 0. The Hall–Kier alpha value is -1.13. The van der Waals surface area contributed by atoms with Gasteiger partial charge in [-0.2, -0.15) is 0 Å². The minimum absolute atomic E-state index is 0.150. The van der Waals surface area contributed by atoms with Gasteiger partial charge in [-0.25, -0.2) is 0 Å². The van der Waals surface area contributed by atoms with Gasteiger partial charge < -0.3 is 5.32 Å². The lowest BCUT2D eigenvalue weighted by molar-refractivity contribution is -0.385. The number of hydrogen-bond donors (Lipinski definition) is 1. The average molecular weight is 271 g/mol. The van der Waals surface area contributed by atoms with Crippen LogP contribution in [0.15, 0.2) is 18.2 Å². The Morgan fingerprint density at radius 2 is 2.17 bits per heavy atom. The molecule has 18 heavy (non-hydrogen) atoms. The van der Waals surface area contributed by atoms with Gasteiger partial charge in [-0.05, 0) is 37.9 Å². The second-order valence-electron chi connectivity index (χ2n) is 4.51. The first-order chi connectivity index (χ1) is 8.49. The number of rotatable bonds is 6. The summed E-state index contributed by atoms with van der Waals surface area (Å²) in [5.41, 5.74) is 0.853. The highest BCUT2D eigenvalue weighted by molar-refractivity contribution is 6.30. The molecule has 100 valence electrons. The molecule has 0 aliphatic heterocycles. The molecule has 0 radical (unpaired) electrons. The SMILES string of the molecule is CCC(NC)C(C)Cc1cc(Cl)ccc1[N+](=O)[O-]. The first-order valence-corrected chi connectivity index (χ1v) is 6.47. The zero-order valence-corrected chi connectivity index (χ0v) is 11.7. The molecule has 0 aliphatic rings. The Kier molecular flexibility index (Phi) is 5.56. The Labute approximate surface area is 112 Å². The van der Waals surface area contributed by atoms with Crippen molar-refractivity contribution in [3.63, 3.8) is 0 Å². The van der Waals surface area contributed by atoms with Crippen LogP contribution in [0, 0.1) is 16.0 Å². The highest BCUT2D eigenvalue weighted by atomic mass is 35.5. The van der Waals surface area contributed by atoms with E-state index in [0.717, 1.165) is 6.42 Å². The van der Waals surface area contributed by atoms with Crippen LogP contribution in [0.25, 0.3) is 0 Å². The van der Waals surface area contributed by atoms with Gasteiger partial charge in [-0.15, -0.1) is 0 Å². The molecule has 1 aromatic rings. The van der Waals surface area contributed by atoms with Crippen molar-refractivity contribution in [2.75, 3.05) is 7.05 Å². The van der Waals surface area contributed by atoms with Crippen LogP contribution in [0.4, 0.5) is 5.69 Å². The summed E-state index contributed by atoms with van der Waals surface area (Å²) in [5, 5.41) is 14.7. The normalized spacial score (nSPS) is 14.2. The number of halogens is 1. The van der Waals surface area contributed by atoms with Gasteiger partial charge in [-0.1, -0.05) is 25.4 Å². The third-order valence-electron chi connectivity index (χ3n) is 3.28. The van der Waals surface area contributed by atoms with Gasteiger partial charge in [0.1, 0.15) is 0 Å². The fourth-order valence-electron chi connectivity index (χ4n) is 2.28. The minimum atomic E-state index is -0.349. The van der Waals surface area contributed by atoms with Crippen molar-refractivity contribution in [3.05, 3.63) is 38.9 Å². The van der Waals surface area contributed by atoms with Crippen LogP contribution < -0.4 is 5.32 Å². The van der Waals surface area contributed by atoms with E-state index in [1.807, 2.05) is 7.05 Å². The number of nitrogens with zero attached hydrogens (tertiary/aromatic N) is 1. The molecule has 2 atom stereocenters. The summed E-state index contributed by atoms with van der Waals surface area (Å²) in [6.45, 7) is 4.19. The summed E-state index contributed by atoms with van der Waals surface area (Å²) in [5.74, 6) is 0.317. The standard InChI is InChI=1S/C13H19ClN2O2/c1-4-12(15-3)9(2)7-10-8-11(14)5-6-13(10)16(17)18/h5-6,8-9,12,15H,4,7H2,1-3H3. The van der Waals surface area contributed by atoms with E-state index < -0.39 is 0 Å². The van der Waals surface area contributed by atoms with Gasteiger partial charge in [0.15, 0.2) is 0 Å². The maximum absolute atomic E-state index is 11.0. The molecular formula is C13H19ClN2O2. The highest BCUT2D eigenvalue weighted by Gasteiger charge is 2.20. The highest BCUT2D eigenvalue weighted by Crippen LogP contribution is 2.26. The molecule has 1 rings (SSSR count). The van der Waals surface area contributed by atoms with Crippen LogP contribution >= 0.6 is 11.6 Å². The zero-order chi connectivity index (χ0) is 13.7. The summed E-state index contributed by atoms with van der Waals surface area (Å²) in [6.07, 6.45) is 1.64. The molecule has 0 spiro atoms. The van der Waals surface area contributed by atoms with Crippen molar-refractivity contribution in [1.82, 2.24) is 5.32 Å². The quantitative estimate of drug-likeness (QED) is 0.636. The number of nitrogens with one attached hydrogen (secondary N) is 1. The van der Waals surface area contributed by atoms with E-state index >= 15 is 0 Å². The molecular weight excluding hydrogens is 252 g/mol. The Balaban J connectivity index is 2.95. The van der Waals surface area contributed by atoms with E-state index in [1.165, 1.54) is 6.07 Å². The lowest BCUT2D eigenvalue weighted by Crippen LogP contribution is -2.32. The Morgan fingerprint density at radius 1 is 1.50 bits per heavy atom. The van der Waals surface area contributed by atoms with Gasteiger partial charge >= 0.3 is 0 Å². The van der Waals surface area contributed by atoms with Crippen molar-refractivity contribution in [1.29, 1.82) is 0 Å². The lowest BCUT2D eigenvalue weighted by Gasteiger charge is -2.22. The number of benzene rings is 1. The molecule has 0 bridgehead atoms. The number of nitro benzene ring substituents is 1. The van der Waals surface area contributed by atoms with Crippen LogP contribution in [0.3, 0.4) is 0 Å². The van der Waals surface area contributed by atoms with Crippen LogP contribution in [-0.2, 0) is 6.42 Å². The topological polar surface area (TPSA) is 55.2 Å². The molecule has 0 heterocycles. The van der Waals surface area contributed by atoms with E-state index in [0.29, 0.717) is 29.0 Å². The summed E-state index contributed by atoms with van der Waals surface area (Å²) in [7, 11) is 1.91. The third kappa shape index (κ3) is 3.68. The van der Waals surface area contributed by atoms with Gasteiger partial charge in [0.25, 0.3) is 5.69 Å². The lowest BCUT2D eigenvalue weighted by atomic mass is 9.92. The third-order valence-corrected chi connectivity index (χ3v) is 3.51. The van der Waals surface area contributed by atoms with Gasteiger partial charge in [0.2, 0.25) is 0 Å². The molecule has 0 saturated carbocycles. The number of hydrogen-bond acceptors (Lipinski definition) is 3. The van der Waals surface area contributed by atoms with E-state index in [4.69, 9.17) is 11.6 Å². The van der Waals surface area contributed by atoms with Gasteiger partial charge in [0, 0.05) is 22.7 Å². The fraction of sp³-hybridized carbons (Fsp3) is 0.538. The van der Waals surface area contributed by atoms with Gasteiger partial charge in [-0.3, -0.25) is 10.1 Å². The monoisotopic (exact) mass is 270 g/mol. The molecule has 1 N–H and O–H groups in total. The second-order valence-corrected chi connectivity index (χ2v) is 4.95. The summed E-state index contributed by atoms with van der Waals surface area (Å²) >= 11 is 5.91. The first-order valence-electron chi connectivity index (χ1n) is 6.09.